The number of likely N-dealkylation sites (tertiary alicyclic amines) is 1. The van der Waals surface area contributed by atoms with Crippen LogP contribution in [0.5, 0.6) is 0 Å². The molecule has 6 atom stereocenters. The molecule has 1 aliphatic heterocycles. The zero-order chi connectivity index (χ0) is 25.0. The Morgan fingerprint density at radius 1 is 0.943 bits per heavy atom. The number of hydrogen-bond donors (Lipinski definition) is 2. The Morgan fingerprint density at radius 3 is 1.97 bits per heavy atom. The van der Waals surface area contributed by atoms with Gasteiger partial charge in [-0.05, 0) is 35.6 Å². The third-order valence-corrected chi connectivity index (χ3v) is 7.19. The number of carbonyl (C=O) groups excluding carboxylic acids is 1. The third kappa shape index (κ3) is 4.08. The highest BCUT2D eigenvalue weighted by Crippen LogP contribution is 2.62. The summed E-state index contributed by atoms with van der Waals surface area (Å²) in [5.74, 6) is -0.377. The van der Waals surface area contributed by atoms with Gasteiger partial charge in [0.05, 0.1) is 30.3 Å². The third-order valence-electron chi connectivity index (χ3n) is 7.19. The van der Waals surface area contributed by atoms with Crippen LogP contribution in [0, 0.1) is 5.41 Å². The first kappa shape index (κ1) is 24.5. The topological polar surface area (TPSA) is 110 Å². The minimum absolute atomic E-state index is 0.309. The summed E-state index contributed by atoms with van der Waals surface area (Å²) in [5.41, 5.74) is 9.77. The summed E-state index contributed by atoms with van der Waals surface area (Å²) in [6.45, 7) is 3.73. The molecule has 1 aliphatic rings. The second kappa shape index (κ2) is 10.3. The summed E-state index contributed by atoms with van der Waals surface area (Å²) in [4.78, 5) is 18.9. The van der Waals surface area contributed by atoms with E-state index in [4.69, 9.17) is 5.53 Å². The van der Waals surface area contributed by atoms with E-state index >= 15 is 0 Å². The number of aliphatic hydroxyl groups excluding tert-OH is 2. The molecule has 2 N–H and O–H groups in total. The van der Waals surface area contributed by atoms with Crippen LogP contribution in [0.3, 0.4) is 0 Å². The van der Waals surface area contributed by atoms with Gasteiger partial charge in [-0.1, -0.05) is 103 Å². The Labute approximate surface area is 205 Å². The minimum atomic E-state index is -1.64. The molecule has 0 saturated carbocycles. The molecular formula is C28H30N4O3. The van der Waals surface area contributed by atoms with Crippen molar-refractivity contribution >= 4 is 5.91 Å². The molecule has 0 aliphatic carbocycles. The van der Waals surface area contributed by atoms with Crippen molar-refractivity contribution in [1.82, 2.24) is 4.90 Å². The molecule has 2 unspecified atom stereocenters. The van der Waals surface area contributed by atoms with Crippen LogP contribution < -0.4 is 0 Å². The van der Waals surface area contributed by atoms with E-state index in [-0.39, 0.29) is 11.9 Å². The van der Waals surface area contributed by atoms with Crippen molar-refractivity contribution in [1.29, 1.82) is 0 Å². The van der Waals surface area contributed by atoms with Crippen molar-refractivity contribution in [2.75, 3.05) is 0 Å². The first-order chi connectivity index (χ1) is 17.0. The van der Waals surface area contributed by atoms with Crippen molar-refractivity contribution in [3.8, 4) is 0 Å². The number of amides is 1. The Bertz CT molecular complexity index is 1180. The van der Waals surface area contributed by atoms with Gasteiger partial charge >= 0.3 is 0 Å². The molecule has 3 aromatic carbocycles. The van der Waals surface area contributed by atoms with Crippen molar-refractivity contribution in [3.63, 3.8) is 0 Å². The summed E-state index contributed by atoms with van der Waals surface area (Å²) in [7, 11) is 0. The number of azide groups is 1. The zero-order valence-corrected chi connectivity index (χ0v) is 19.8. The van der Waals surface area contributed by atoms with Gasteiger partial charge < -0.3 is 15.1 Å². The smallest absolute Gasteiger partial charge is 0.237 e. The molecule has 1 saturated heterocycles. The largest absolute Gasteiger partial charge is 0.391 e. The fourth-order valence-electron chi connectivity index (χ4n) is 5.37. The lowest BCUT2D eigenvalue weighted by atomic mass is 9.57. The fraction of sp³-hybridized carbons (Fsp3) is 0.321. The standard InChI is InChI=1S/C28H30N4O3/c1-3-23(30-31-29)26(34)28(25(33)22-17-11-6-12-18-22)24(21-15-9-5-10-16-21)32(27(28)35)19(2)20-13-7-4-8-14-20/h4-19,23-26,33-34H,3H2,1-2H3/t19-,23?,24-,25-,26-,28?/m0/s1. The highest BCUT2D eigenvalue weighted by Gasteiger charge is 2.70. The predicted octanol–water partition coefficient (Wildman–Crippen LogP) is 5.50. The predicted molar refractivity (Wildman–Crippen MR) is 134 cm³/mol. The molecule has 1 heterocycles. The van der Waals surface area contributed by atoms with Gasteiger partial charge in [0.25, 0.3) is 0 Å². The Morgan fingerprint density at radius 2 is 1.46 bits per heavy atom. The maximum atomic E-state index is 14.2. The van der Waals surface area contributed by atoms with Gasteiger partial charge in [-0.25, -0.2) is 0 Å². The Balaban J connectivity index is 1.92. The summed E-state index contributed by atoms with van der Waals surface area (Å²) < 4.78 is 0. The van der Waals surface area contributed by atoms with E-state index in [1.165, 1.54) is 0 Å². The molecule has 1 fully saturated rings. The number of β-lactam (4-membered cyclic amide) rings is 1. The fourth-order valence-corrected chi connectivity index (χ4v) is 5.37. The van der Waals surface area contributed by atoms with Crippen LogP contribution >= 0.6 is 0 Å². The molecule has 4 rings (SSSR count). The van der Waals surface area contributed by atoms with Gasteiger partial charge in [-0.2, -0.15) is 0 Å². The maximum Gasteiger partial charge on any atom is 0.237 e. The van der Waals surface area contributed by atoms with Gasteiger partial charge in [-0.3, -0.25) is 4.79 Å². The van der Waals surface area contributed by atoms with Gasteiger partial charge in [0.2, 0.25) is 5.91 Å². The van der Waals surface area contributed by atoms with Crippen LogP contribution in [0.1, 0.15) is 55.1 Å². The number of benzene rings is 3. The molecule has 7 nitrogen and oxygen atoms in total. The summed E-state index contributed by atoms with van der Waals surface area (Å²) in [6.07, 6.45) is -2.41. The van der Waals surface area contributed by atoms with E-state index < -0.39 is 29.7 Å². The first-order valence-corrected chi connectivity index (χ1v) is 11.9. The van der Waals surface area contributed by atoms with Crippen LogP contribution in [0.2, 0.25) is 0 Å². The number of nitrogens with zero attached hydrogens (tertiary/aromatic N) is 4. The second-order valence-electron chi connectivity index (χ2n) is 8.98. The highest BCUT2D eigenvalue weighted by atomic mass is 16.3. The molecule has 0 radical (unpaired) electrons. The van der Waals surface area contributed by atoms with E-state index in [0.29, 0.717) is 12.0 Å². The number of hydrogen-bond acceptors (Lipinski definition) is 4. The molecule has 3 aromatic rings. The van der Waals surface area contributed by atoms with Crippen LogP contribution in [0.15, 0.2) is 96.1 Å². The normalized spacial score (nSPS) is 22.9. The Kier molecular flexibility index (Phi) is 7.22. The van der Waals surface area contributed by atoms with Gasteiger partial charge in [0.1, 0.15) is 5.41 Å². The molecule has 1 amide bonds. The van der Waals surface area contributed by atoms with E-state index in [0.717, 1.165) is 11.1 Å². The monoisotopic (exact) mass is 470 g/mol. The average Bonchev–Trinajstić information content (AvgIpc) is 2.91. The van der Waals surface area contributed by atoms with Crippen LogP contribution in [0.4, 0.5) is 0 Å². The minimum Gasteiger partial charge on any atom is -0.391 e. The lowest BCUT2D eigenvalue weighted by molar-refractivity contribution is -0.222. The van der Waals surface area contributed by atoms with Crippen molar-refractivity contribution in [2.45, 2.75) is 50.6 Å². The van der Waals surface area contributed by atoms with Crippen LogP contribution in [0.25, 0.3) is 10.4 Å². The summed E-state index contributed by atoms with van der Waals surface area (Å²) in [5, 5.41) is 27.4. The highest BCUT2D eigenvalue weighted by molar-refractivity contribution is 5.93. The Hall–Kier alpha value is -3.64. The van der Waals surface area contributed by atoms with Crippen molar-refractivity contribution in [2.24, 2.45) is 10.5 Å². The van der Waals surface area contributed by atoms with Crippen molar-refractivity contribution in [3.05, 3.63) is 118 Å². The number of carbonyl (C=O) groups is 1. The molecule has 180 valence electrons. The van der Waals surface area contributed by atoms with Gasteiger partial charge in [0.15, 0.2) is 0 Å². The van der Waals surface area contributed by atoms with Gasteiger partial charge in [-0.15, -0.1) is 0 Å². The van der Waals surface area contributed by atoms with E-state index in [1.54, 1.807) is 36.1 Å². The average molecular weight is 471 g/mol. The maximum absolute atomic E-state index is 14.2. The summed E-state index contributed by atoms with van der Waals surface area (Å²) in [6, 6.07) is 26.1. The second-order valence-corrected chi connectivity index (χ2v) is 8.98. The van der Waals surface area contributed by atoms with E-state index in [9.17, 15) is 15.0 Å². The molecule has 35 heavy (non-hydrogen) atoms. The molecule has 0 bridgehead atoms. The number of rotatable bonds is 9. The lowest BCUT2D eigenvalue weighted by Gasteiger charge is -2.62. The first-order valence-electron chi connectivity index (χ1n) is 11.9. The van der Waals surface area contributed by atoms with Crippen LogP contribution in [-0.2, 0) is 4.79 Å². The van der Waals surface area contributed by atoms with Crippen LogP contribution in [-0.4, -0.2) is 33.2 Å². The SMILES string of the molecule is CCC(N=[N+]=[N-])[C@H](O)C1([C@@H](O)c2ccccc2)C(=O)N([C@@H](C)c2ccccc2)[C@H]1c1ccccc1. The van der Waals surface area contributed by atoms with Crippen molar-refractivity contribution < 1.29 is 15.0 Å². The van der Waals surface area contributed by atoms with E-state index in [2.05, 4.69) is 10.0 Å². The molecule has 7 heteroatoms. The van der Waals surface area contributed by atoms with Gasteiger partial charge in [0, 0.05) is 4.91 Å². The summed E-state index contributed by atoms with van der Waals surface area (Å²) >= 11 is 0. The molecular weight excluding hydrogens is 440 g/mol. The van der Waals surface area contributed by atoms with E-state index in [1.807, 2.05) is 73.7 Å². The molecule has 0 aromatic heterocycles. The quantitative estimate of drug-likeness (QED) is 0.186. The molecule has 0 spiro atoms. The zero-order valence-electron chi connectivity index (χ0n) is 19.8. The lowest BCUT2D eigenvalue weighted by Crippen LogP contribution is -2.72. The number of aliphatic hydroxyl groups is 2.